The minimum Gasteiger partial charge on any atom is -0.362 e. The highest BCUT2D eigenvalue weighted by molar-refractivity contribution is 6.39. The van der Waals surface area contributed by atoms with Crippen LogP contribution in [0.5, 0.6) is 0 Å². The molecule has 2 rings (SSSR count). The fraction of sp³-hybridized carbons (Fsp3) is 0.188. The van der Waals surface area contributed by atoms with Gasteiger partial charge in [-0.3, -0.25) is 4.79 Å². The molecular formula is C16H16Cl2N2O. The Morgan fingerprint density at radius 2 is 1.67 bits per heavy atom. The molecule has 2 aromatic rings. The SMILES string of the molecule is CCN(CC(=O)Nc1c(Cl)cccc1Cl)c1ccccc1. The first kappa shape index (κ1) is 15.7. The third kappa shape index (κ3) is 4.13. The van der Waals surface area contributed by atoms with Crippen LogP contribution in [0, 0.1) is 0 Å². The molecule has 0 aliphatic rings. The Bertz CT molecular complexity index is 597. The number of nitrogens with one attached hydrogen (secondary N) is 1. The van der Waals surface area contributed by atoms with Crippen molar-refractivity contribution in [1.82, 2.24) is 0 Å². The van der Waals surface area contributed by atoms with Crippen LogP contribution < -0.4 is 10.2 Å². The smallest absolute Gasteiger partial charge is 0.243 e. The molecule has 5 heteroatoms. The fourth-order valence-electron chi connectivity index (χ4n) is 1.99. The zero-order valence-corrected chi connectivity index (χ0v) is 13.2. The van der Waals surface area contributed by atoms with Crippen molar-refractivity contribution in [3.63, 3.8) is 0 Å². The number of carbonyl (C=O) groups is 1. The van der Waals surface area contributed by atoms with Crippen LogP contribution in [-0.2, 0) is 4.79 Å². The summed E-state index contributed by atoms with van der Waals surface area (Å²) in [5, 5.41) is 3.63. The number of carbonyl (C=O) groups excluding carboxylic acids is 1. The van der Waals surface area contributed by atoms with Gasteiger partial charge in [0.1, 0.15) is 0 Å². The standard InChI is InChI=1S/C16H16Cl2N2O/c1-2-20(12-7-4-3-5-8-12)11-15(21)19-16-13(17)9-6-10-14(16)18/h3-10H,2,11H2,1H3,(H,19,21). The van der Waals surface area contributed by atoms with E-state index in [1.165, 1.54) is 0 Å². The van der Waals surface area contributed by atoms with Gasteiger partial charge in [-0.25, -0.2) is 0 Å². The summed E-state index contributed by atoms with van der Waals surface area (Å²) in [5.41, 5.74) is 1.45. The molecule has 110 valence electrons. The fourth-order valence-corrected chi connectivity index (χ4v) is 2.49. The van der Waals surface area contributed by atoms with Crippen molar-refractivity contribution < 1.29 is 4.79 Å². The Hall–Kier alpha value is -1.71. The average molecular weight is 323 g/mol. The monoisotopic (exact) mass is 322 g/mol. The van der Waals surface area contributed by atoms with Crippen molar-refractivity contribution in [2.45, 2.75) is 6.92 Å². The first-order valence-electron chi connectivity index (χ1n) is 6.65. The summed E-state index contributed by atoms with van der Waals surface area (Å²) in [6.45, 7) is 2.97. The molecule has 0 bridgehead atoms. The molecule has 0 heterocycles. The van der Waals surface area contributed by atoms with Crippen molar-refractivity contribution in [2.24, 2.45) is 0 Å². The molecule has 2 aromatic carbocycles. The normalized spacial score (nSPS) is 10.2. The van der Waals surface area contributed by atoms with Crippen molar-refractivity contribution >= 4 is 40.5 Å². The summed E-state index contributed by atoms with van der Waals surface area (Å²) >= 11 is 12.1. The number of hydrogen-bond acceptors (Lipinski definition) is 2. The van der Waals surface area contributed by atoms with Gasteiger partial charge < -0.3 is 10.2 Å². The summed E-state index contributed by atoms with van der Waals surface area (Å²) < 4.78 is 0. The summed E-state index contributed by atoms with van der Waals surface area (Å²) in [6, 6.07) is 14.9. The number of benzene rings is 2. The van der Waals surface area contributed by atoms with E-state index < -0.39 is 0 Å². The molecule has 0 spiro atoms. The molecular weight excluding hydrogens is 307 g/mol. The highest BCUT2D eigenvalue weighted by atomic mass is 35.5. The van der Waals surface area contributed by atoms with Crippen LogP contribution in [0.3, 0.4) is 0 Å². The Balaban J connectivity index is 2.07. The molecule has 21 heavy (non-hydrogen) atoms. The number of hydrogen-bond donors (Lipinski definition) is 1. The van der Waals surface area contributed by atoms with Crippen LogP contribution in [0.1, 0.15) is 6.92 Å². The van der Waals surface area contributed by atoms with E-state index in [1.807, 2.05) is 42.2 Å². The maximum atomic E-state index is 12.2. The van der Waals surface area contributed by atoms with Crippen molar-refractivity contribution in [3.8, 4) is 0 Å². The Kier molecular flexibility index (Phi) is 5.48. The number of nitrogens with zero attached hydrogens (tertiary/aromatic N) is 1. The van der Waals surface area contributed by atoms with Crippen LogP contribution in [0.2, 0.25) is 10.0 Å². The number of amides is 1. The first-order valence-corrected chi connectivity index (χ1v) is 7.41. The quantitative estimate of drug-likeness (QED) is 0.881. The zero-order chi connectivity index (χ0) is 15.2. The lowest BCUT2D eigenvalue weighted by atomic mass is 10.2. The number of para-hydroxylation sites is 2. The van der Waals surface area contributed by atoms with Crippen molar-refractivity contribution in [2.75, 3.05) is 23.3 Å². The maximum Gasteiger partial charge on any atom is 0.243 e. The second-order valence-corrected chi connectivity index (χ2v) is 5.31. The van der Waals surface area contributed by atoms with Gasteiger partial charge >= 0.3 is 0 Å². The van der Waals surface area contributed by atoms with Crippen LogP contribution >= 0.6 is 23.2 Å². The lowest BCUT2D eigenvalue weighted by molar-refractivity contribution is -0.115. The lowest BCUT2D eigenvalue weighted by Crippen LogP contribution is -2.33. The molecule has 0 fully saturated rings. The second kappa shape index (κ2) is 7.34. The van der Waals surface area contributed by atoms with Gasteiger partial charge in [0.25, 0.3) is 0 Å². The lowest BCUT2D eigenvalue weighted by Gasteiger charge is -2.22. The molecule has 0 unspecified atom stereocenters. The largest absolute Gasteiger partial charge is 0.362 e. The maximum absolute atomic E-state index is 12.2. The molecule has 1 amide bonds. The van der Waals surface area contributed by atoms with Gasteiger partial charge in [0.15, 0.2) is 0 Å². The predicted molar refractivity (Wildman–Crippen MR) is 89.4 cm³/mol. The van der Waals surface area contributed by atoms with E-state index in [4.69, 9.17) is 23.2 Å². The van der Waals surface area contributed by atoms with Gasteiger partial charge in [0, 0.05) is 12.2 Å². The van der Waals surface area contributed by atoms with Gasteiger partial charge in [-0.2, -0.15) is 0 Å². The second-order valence-electron chi connectivity index (χ2n) is 4.49. The first-order chi connectivity index (χ1) is 10.1. The molecule has 0 aromatic heterocycles. The van der Waals surface area contributed by atoms with Gasteiger partial charge in [0.05, 0.1) is 22.3 Å². The number of likely N-dealkylation sites (N-methyl/N-ethyl adjacent to an activating group) is 1. The molecule has 1 N–H and O–H groups in total. The Morgan fingerprint density at radius 3 is 2.24 bits per heavy atom. The molecule has 0 radical (unpaired) electrons. The van der Waals surface area contributed by atoms with E-state index in [0.29, 0.717) is 15.7 Å². The molecule has 3 nitrogen and oxygen atoms in total. The molecule has 0 aliphatic heterocycles. The van der Waals surface area contributed by atoms with Gasteiger partial charge in [-0.15, -0.1) is 0 Å². The van der Waals surface area contributed by atoms with Crippen LogP contribution in [0.25, 0.3) is 0 Å². The van der Waals surface area contributed by atoms with Crippen molar-refractivity contribution in [1.29, 1.82) is 0 Å². The molecule has 0 saturated heterocycles. The van der Waals surface area contributed by atoms with E-state index in [2.05, 4.69) is 5.32 Å². The van der Waals surface area contributed by atoms with Crippen molar-refractivity contribution in [3.05, 3.63) is 58.6 Å². The third-order valence-electron chi connectivity index (χ3n) is 3.06. The van der Waals surface area contributed by atoms with E-state index >= 15 is 0 Å². The minimum absolute atomic E-state index is 0.157. The van der Waals surface area contributed by atoms with Crippen LogP contribution in [0.15, 0.2) is 48.5 Å². The number of rotatable bonds is 5. The number of halogens is 2. The Morgan fingerprint density at radius 1 is 1.05 bits per heavy atom. The average Bonchev–Trinajstić information content (AvgIpc) is 2.49. The van der Waals surface area contributed by atoms with Crippen LogP contribution in [0.4, 0.5) is 11.4 Å². The zero-order valence-electron chi connectivity index (χ0n) is 11.6. The highest BCUT2D eigenvalue weighted by Crippen LogP contribution is 2.29. The summed E-state index contributed by atoms with van der Waals surface area (Å²) in [5.74, 6) is -0.157. The topological polar surface area (TPSA) is 32.3 Å². The molecule has 0 atom stereocenters. The number of anilines is 2. The highest BCUT2D eigenvalue weighted by Gasteiger charge is 2.13. The third-order valence-corrected chi connectivity index (χ3v) is 3.69. The van der Waals surface area contributed by atoms with E-state index in [0.717, 1.165) is 12.2 Å². The molecule has 0 aliphatic carbocycles. The van der Waals surface area contributed by atoms with E-state index in [9.17, 15) is 4.79 Å². The van der Waals surface area contributed by atoms with Gasteiger partial charge in [-0.05, 0) is 31.2 Å². The molecule has 0 saturated carbocycles. The van der Waals surface area contributed by atoms with E-state index in [-0.39, 0.29) is 12.5 Å². The summed E-state index contributed by atoms with van der Waals surface area (Å²) in [7, 11) is 0. The van der Waals surface area contributed by atoms with E-state index in [1.54, 1.807) is 18.2 Å². The van der Waals surface area contributed by atoms with Gasteiger partial charge in [0.2, 0.25) is 5.91 Å². The summed E-state index contributed by atoms with van der Waals surface area (Å²) in [6.07, 6.45) is 0. The van der Waals surface area contributed by atoms with Gasteiger partial charge in [-0.1, -0.05) is 47.5 Å². The predicted octanol–water partition coefficient (Wildman–Crippen LogP) is 4.46. The summed E-state index contributed by atoms with van der Waals surface area (Å²) in [4.78, 5) is 14.2. The van der Waals surface area contributed by atoms with Crippen LogP contribution in [-0.4, -0.2) is 19.0 Å². The minimum atomic E-state index is -0.157. The Labute approximate surface area is 134 Å².